The molecule has 0 radical (unpaired) electrons. The van der Waals surface area contributed by atoms with Gasteiger partial charge < -0.3 is 10.1 Å². The fourth-order valence-corrected chi connectivity index (χ4v) is 2.87. The number of benzene rings is 3. The maximum Gasteiger partial charge on any atom is 0.321 e. The lowest BCUT2D eigenvalue weighted by molar-refractivity contribution is -0.115. The summed E-state index contributed by atoms with van der Waals surface area (Å²) in [5.74, 6) is 0.541. The number of nitrogens with zero attached hydrogens (tertiary/aromatic N) is 2. The van der Waals surface area contributed by atoms with Crippen LogP contribution in [-0.4, -0.2) is 15.9 Å². The maximum atomic E-state index is 12.4. The number of carbonyl (C=O) groups excluding carboxylic acids is 1. The molecule has 0 fully saturated rings. The molecular formula is C22H17N3O2. The number of anilines is 1. The van der Waals surface area contributed by atoms with Gasteiger partial charge in [0.15, 0.2) is 0 Å². The summed E-state index contributed by atoms with van der Waals surface area (Å²) in [6.07, 6.45) is 3.55. The molecule has 3 aromatic carbocycles. The van der Waals surface area contributed by atoms with E-state index >= 15 is 0 Å². The molecule has 0 aliphatic carbocycles. The second kappa shape index (κ2) is 7.66. The van der Waals surface area contributed by atoms with Crippen LogP contribution in [0.4, 0.5) is 5.69 Å². The monoisotopic (exact) mass is 355 g/mol. The fraction of sp³-hybridized carbons (Fsp3) is 0.0455. The Kier molecular flexibility index (Phi) is 4.74. The molecular weight excluding hydrogens is 338 g/mol. The molecule has 27 heavy (non-hydrogen) atoms. The Morgan fingerprint density at radius 3 is 2.41 bits per heavy atom. The van der Waals surface area contributed by atoms with E-state index < -0.39 is 0 Å². The Hall–Kier alpha value is -3.73. The maximum absolute atomic E-state index is 12.4. The molecule has 0 spiro atoms. The minimum absolute atomic E-state index is 0.0635. The SMILES string of the molecule is O=C(Cc1cccc2ccccc12)Nc1ccc(Oc2ncccn2)cc1. The highest BCUT2D eigenvalue weighted by Crippen LogP contribution is 2.21. The zero-order valence-corrected chi connectivity index (χ0v) is 14.5. The molecule has 0 aliphatic rings. The third-order valence-corrected chi connectivity index (χ3v) is 4.12. The standard InChI is InChI=1S/C22H17N3O2/c26-21(15-17-7-3-6-16-5-1-2-8-20(16)17)25-18-9-11-19(12-10-18)27-22-23-13-4-14-24-22/h1-14H,15H2,(H,25,26). The van der Waals surface area contributed by atoms with Crippen molar-refractivity contribution < 1.29 is 9.53 Å². The highest BCUT2D eigenvalue weighted by Gasteiger charge is 2.08. The lowest BCUT2D eigenvalue weighted by Gasteiger charge is -2.09. The van der Waals surface area contributed by atoms with Gasteiger partial charge in [0, 0.05) is 18.1 Å². The number of nitrogens with one attached hydrogen (secondary N) is 1. The van der Waals surface area contributed by atoms with Gasteiger partial charge in [0.2, 0.25) is 5.91 Å². The molecule has 0 atom stereocenters. The molecule has 5 heteroatoms. The van der Waals surface area contributed by atoms with Gasteiger partial charge in [-0.15, -0.1) is 0 Å². The van der Waals surface area contributed by atoms with Crippen LogP contribution < -0.4 is 10.1 Å². The van der Waals surface area contributed by atoms with E-state index in [-0.39, 0.29) is 11.9 Å². The van der Waals surface area contributed by atoms with Crippen molar-refractivity contribution in [1.82, 2.24) is 9.97 Å². The van der Waals surface area contributed by atoms with Crippen LogP contribution in [0, 0.1) is 0 Å². The fourth-order valence-electron chi connectivity index (χ4n) is 2.87. The largest absolute Gasteiger partial charge is 0.424 e. The summed E-state index contributed by atoms with van der Waals surface area (Å²) in [4.78, 5) is 20.5. The van der Waals surface area contributed by atoms with Crippen molar-refractivity contribution in [2.24, 2.45) is 0 Å². The minimum Gasteiger partial charge on any atom is -0.424 e. The number of ether oxygens (including phenoxy) is 1. The first-order valence-corrected chi connectivity index (χ1v) is 8.59. The van der Waals surface area contributed by atoms with E-state index in [1.807, 2.05) is 42.5 Å². The van der Waals surface area contributed by atoms with Gasteiger partial charge in [0.05, 0.1) is 6.42 Å². The van der Waals surface area contributed by atoms with Crippen molar-refractivity contribution in [2.75, 3.05) is 5.32 Å². The zero-order valence-electron chi connectivity index (χ0n) is 14.5. The van der Waals surface area contributed by atoms with Gasteiger partial charge in [-0.2, -0.15) is 0 Å². The molecule has 4 rings (SSSR count). The number of fused-ring (bicyclic) bond motifs is 1. The van der Waals surface area contributed by atoms with Crippen molar-refractivity contribution in [3.8, 4) is 11.8 Å². The Balaban J connectivity index is 1.42. The molecule has 4 aromatic rings. The van der Waals surface area contributed by atoms with Gasteiger partial charge in [0.25, 0.3) is 0 Å². The summed E-state index contributed by atoms with van der Waals surface area (Å²) in [7, 11) is 0. The number of hydrogen-bond acceptors (Lipinski definition) is 4. The zero-order chi connectivity index (χ0) is 18.5. The van der Waals surface area contributed by atoms with E-state index in [2.05, 4.69) is 15.3 Å². The van der Waals surface area contributed by atoms with Gasteiger partial charge in [-0.05, 0) is 46.7 Å². The lowest BCUT2D eigenvalue weighted by Crippen LogP contribution is -2.14. The highest BCUT2D eigenvalue weighted by atomic mass is 16.5. The first kappa shape index (κ1) is 16.7. The summed E-state index contributed by atoms with van der Waals surface area (Å²) in [6.45, 7) is 0. The van der Waals surface area contributed by atoms with E-state index in [4.69, 9.17) is 4.74 Å². The van der Waals surface area contributed by atoms with E-state index in [0.717, 1.165) is 16.3 Å². The highest BCUT2D eigenvalue weighted by molar-refractivity contribution is 5.96. The second-order valence-corrected chi connectivity index (χ2v) is 6.02. The molecule has 132 valence electrons. The van der Waals surface area contributed by atoms with E-state index in [9.17, 15) is 4.79 Å². The van der Waals surface area contributed by atoms with Crippen LogP contribution in [0.2, 0.25) is 0 Å². The Morgan fingerprint density at radius 1 is 0.852 bits per heavy atom. The molecule has 1 N–H and O–H groups in total. The minimum atomic E-state index is -0.0635. The topological polar surface area (TPSA) is 64.1 Å². The number of amides is 1. The summed E-state index contributed by atoms with van der Waals surface area (Å²) in [5.41, 5.74) is 1.72. The van der Waals surface area contributed by atoms with Crippen LogP contribution >= 0.6 is 0 Å². The summed E-state index contributed by atoms with van der Waals surface area (Å²) in [6, 6.07) is 23.2. The average Bonchev–Trinajstić information content (AvgIpc) is 2.71. The predicted octanol–water partition coefficient (Wildman–Crippen LogP) is 4.60. The van der Waals surface area contributed by atoms with E-state index in [1.54, 1.807) is 42.7 Å². The molecule has 1 heterocycles. The molecule has 0 bridgehead atoms. The number of carbonyl (C=O) groups is 1. The summed E-state index contributed by atoms with van der Waals surface area (Å²) in [5, 5.41) is 5.15. The van der Waals surface area contributed by atoms with Crippen LogP contribution in [-0.2, 0) is 11.2 Å². The van der Waals surface area contributed by atoms with Crippen molar-refractivity contribution in [3.05, 3.63) is 90.8 Å². The second-order valence-electron chi connectivity index (χ2n) is 6.02. The van der Waals surface area contributed by atoms with Gasteiger partial charge >= 0.3 is 6.01 Å². The third-order valence-electron chi connectivity index (χ3n) is 4.12. The van der Waals surface area contributed by atoms with Crippen molar-refractivity contribution in [1.29, 1.82) is 0 Å². The van der Waals surface area contributed by atoms with Crippen LogP contribution in [0.15, 0.2) is 85.2 Å². The first-order valence-electron chi connectivity index (χ1n) is 8.59. The number of hydrogen-bond donors (Lipinski definition) is 1. The van der Waals surface area contributed by atoms with Crippen molar-refractivity contribution >= 4 is 22.4 Å². The first-order chi connectivity index (χ1) is 13.3. The predicted molar refractivity (Wildman–Crippen MR) is 105 cm³/mol. The van der Waals surface area contributed by atoms with Gasteiger partial charge in [-0.3, -0.25) is 4.79 Å². The Labute approximate surface area is 156 Å². The number of rotatable bonds is 5. The normalized spacial score (nSPS) is 10.5. The molecule has 1 amide bonds. The van der Waals surface area contributed by atoms with Gasteiger partial charge in [-0.25, -0.2) is 9.97 Å². The summed E-state index contributed by atoms with van der Waals surface area (Å²) < 4.78 is 5.55. The molecule has 0 unspecified atom stereocenters. The van der Waals surface area contributed by atoms with Gasteiger partial charge in [0.1, 0.15) is 5.75 Å². The van der Waals surface area contributed by atoms with Crippen LogP contribution in [0.3, 0.4) is 0 Å². The van der Waals surface area contributed by atoms with Crippen molar-refractivity contribution in [3.63, 3.8) is 0 Å². The average molecular weight is 355 g/mol. The summed E-state index contributed by atoms with van der Waals surface area (Å²) >= 11 is 0. The Bertz CT molecular complexity index is 1060. The van der Waals surface area contributed by atoms with Crippen LogP contribution in [0.5, 0.6) is 11.8 Å². The quantitative estimate of drug-likeness (QED) is 0.568. The smallest absolute Gasteiger partial charge is 0.321 e. The molecule has 5 nitrogen and oxygen atoms in total. The van der Waals surface area contributed by atoms with E-state index in [0.29, 0.717) is 17.9 Å². The molecule has 0 saturated carbocycles. The third kappa shape index (κ3) is 4.10. The van der Waals surface area contributed by atoms with Crippen molar-refractivity contribution in [2.45, 2.75) is 6.42 Å². The van der Waals surface area contributed by atoms with Gasteiger partial charge in [-0.1, -0.05) is 42.5 Å². The Morgan fingerprint density at radius 2 is 1.59 bits per heavy atom. The lowest BCUT2D eigenvalue weighted by atomic mass is 10.0. The van der Waals surface area contributed by atoms with E-state index in [1.165, 1.54) is 0 Å². The van der Waals surface area contributed by atoms with Crippen LogP contribution in [0.25, 0.3) is 10.8 Å². The van der Waals surface area contributed by atoms with Crippen LogP contribution in [0.1, 0.15) is 5.56 Å². The molecule has 0 aliphatic heterocycles. The molecule has 1 aromatic heterocycles. The number of aromatic nitrogens is 2. The molecule has 0 saturated heterocycles.